The number of benzene rings is 2. The Balaban J connectivity index is 2.45. The van der Waals surface area contributed by atoms with Gasteiger partial charge in [0.25, 0.3) is 0 Å². The first-order valence-electron chi connectivity index (χ1n) is 6.76. The van der Waals surface area contributed by atoms with Gasteiger partial charge < -0.3 is 10.2 Å². The molecule has 0 radical (unpaired) electrons. The molecule has 0 atom stereocenters. The molecule has 0 saturated carbocycles. The van der Waals surface area contributed by atoms with Crippen LogP contribution in [0.25, 0.3) is 11.1 Å². The van der Waals surface area contributed by atoms with E-state index in [4.69, 9.17) is 0 Å². The second kappa shape index (κ2) is 6.24. The van der Waals surface area contributed by atoms with Crippen molar-refractivity contribution in [3.8, 4) is 16.9 Å². The summed E-state index contributed by atoms with van der Waals surface area (Å²) in [5.74, 6) is -0.933. The van der Waals surface area contributed by atoms with Gasteiger partial charge in [0, 0.05) is 0 Å². The Labute approximate surface area is 118 Å². The summed E-state index contributed by atoms with van der Waals surface area (Å²) in [5, 5.41) is 21.0. The van der Waals surface area contributed by atoms with Crippen LogP contribution < -0.4 is 5.11 Å². The highest BCUT2D eigenvalue weighted by Crippen LogP contribution is 2.28. The molecule has 0 heterocycles. The van der Waals surface area contributed by atoms with Crippen LogP contribution in [0.2, 0.25) is 0 Å². The summed E-state index contributed by atoms with van der Waals surface area (Å²) < 4.78 is 0. The van der Waals surface area contributed by atoms with E-state index in [-0.39, 0.29) is 11.3 Å². The smallest absolute Gasteiger partial charge is 0.336 e. The number of carboxylic acids is 1. The van der Waals surface area contributed by atoms with E-state index < -0.39 is 5.97 Å². The fraction of sp³-hybridized carbons (Fsp3) is 0.235. The van der Waals surface area contributed by atoms with Gasteiger partial charge in [0.05, 0.1) is 5.56 Å². The number of carbonyl (C=O) groups is 1. The Kier molecular flexibility index (Phi) is 4.41. The molecular weight excluding hydrogens is 252 g/mol. The van der Waals surface area contributed by atoms with Crippen molar-refractivity contribution in [2.45, 2.75) is 26.2 Å². The minimum Gasteiger partial charge on any atom is -0.872 e. The summed E-state index contributed by atoms with van der Waals surface area (Å²) in [7, 11) is 0. The molecule has 0 fully saturated rings. The highest BCUT2D eigenvalue weighted by molar-refractivity contribution is 5.96. The summed E-state index contributed by atoms with van der Waals surface area (Å²) in [6.45, 7) is 2.08. The Hall–Kier alpha value is -2.29. The third-order valence-corrected chi connectivity index (χ3v) is 3.33. The predicted octanol–water partition coefficient (Wildman–Crippen LogP) is 3.47. The van der Waals surface area contributed by atoms with Gasteiger partial charge in [-0.15, -0.1) is 5.75 Å². The standard InChI is InChI=1S/C17H18O3/c1-2-3-6-13-11-12(9-10-16(13)18)14-7-4-5-8-15(14)17(19)20/h4-5,7-11,18H,2-3,6H2,1H3,(H,19,20)/p-1. The molecule has 0 aromatic heterocycles. The fourth-order valence-corrected chi connectivity index (χ4v) is 2.23. The molecule has 1 N–H and O–H groups in total. The Morgan fingerprint density at radius 1 is 1.20 bits per heavy atom. The number of hydrogen-bond acceptors (Lipinski definition) is 2. The molecule has 2 aromatic carbocycles. The minimum absolute atomic E-state index is 0.0232. The van der Waals surface area contributed by atoms with E-state index >= 15 is 0 Å². The molecule has 2 aromatic rings. The van der Waals surface area contributed by atoms with Crippen molar-refractivity contribution >= 4 is 5.97 Å². The maximum absolute atomic E-state index is 11.8. The van der Waals surface area contributed by atoms with Crippen LogP contribution in [-0.4, -0.2) is 11.1 Å². The normalized spacial score (nSPS) is 10.4. The summed E-state index contributed by atoms with van der Waals surface area (Å²) in [4.78, 5) is 11.3. The first kappa shape index (κ1) is 14.1. The molecule has 20 heavy (non-hydrogen) atoms. The maximum Gasteiger partial charge on any atom is 0.336 e. The van der Waals surface area contributed by atoms with Crippen molar-refractivity contribution in [1.82, 2.24) is 0 Å². The van der Waals surface area contributed by atoms with Crippen LogP contribution in [0.15, 0.2) is 42.5 Å². The number of aryl methyl sites for hydroxylation is 1. The van der Waals surface area contributed by atoms with Gasteiger partial charge in [0.1, 0.15) is 0 Å². The third kappa shape index (κ3) is 2.99. The topological polar surface area (TPSA) is 60.4 Å². The second-order valence-electron chi connectivity index (χ2n) is 4.78. The summed E-state index contributed by atoms with van der Waals surface area (Å²) >= 11 is 0. The molecule has 0 amide bonds. The van der Waals surface area contributed by atoms with Gasteiger partial charge in [-0.2, -0.15) is 0 Å². The molecule has 0 unspecified atom stereocenters. The van der Waals surface area contributed by atoms with Gasteiger partial charge in [-0.05, 0) is 30.0 Å². The fourth-order valence-electron chi connectivity index (χ4n) is 2.23. The van der Waals surface area contributed by atoms with Crippen molar-refractivity contribution in [1.29, 1.82) is 0 Å². The average molecular weight is 269 g/mol. The number of hydrogen-bond donors (Lipinski definition) is 1. The Bertz CT molecular complexity index is 617. The molecule has 0 saturated heterocycles. The molecule has 0 spiro atoms. The van der Waals surface area contributed by atoms with Crippen LogP contribution in [0.1, 0.15) is 35.7 Å². The molecular formula is C17H17O3-. The lowest BCUT2D eigenvalue weighted by atomic mass is 9.96. The van der Waals surface area contributed by atoms with Gasteiger partial charge in [0.15, 0.2) is 0 Å². The van der Waals surface area contributed by atoms with Gasteiger partial charge in [-0.1, -0.05) is 55.3 Å². The van der Waals surface area contributed by atoms with Crippen molar-refractivity contribution in [2.75, 3.05) is 0 Å². The zero-order chi connectivity index (χ0) is 14.5. The van der Waals surface area contributed by atoms with Crippen LogP contribution in [0.5, 0.6) is 5.75 Å². The number of rotatable bonds is 5. The first-order chi connectivity index (χ1) is 9.63. The van der Waals surface area contributed by atoms with Crippen molar-refractivity contribution < 1.29 is 15.0 Å². The number of unbranched alkanes of at least 4 members (excludes halogenated alkanes) is 1. The summed E-state index contributed by atoms with van der Waals surface area (Å²) in [5.41, 5.74) is 2.45. The van der Waals surface area contributed by atoms with E-state index in [2.05, 4.69) is 6.92 Å². The van der Waals surface area contributed by atoms with E-state index in [1.807, 2.05) is 6.07 Å². The van der Waals surface area contributed by atoms with Crippen LogP contribution in [-0.2, 0) is 6.42 Å². The number of carboxylic acid groups (broad SMARTS) is 1. The maximum atomic E-state index is 11.8. The van der Waals surface area contributed by atoms with E-state index in [0.29, 0.717) is 5.56 Å². The molecule has 0 aliphatic heterocycles. The molecule has 3 nitrogen and oxygen atoms in total. The van der Waals surface area contributed by atoms with Gasteiger partial charge in [-0.3, -0.25) is 0 Å². The van der Waals surface area contributed by atoms with E-state index in [9.17, 15) is 15.0 Å². The average Bonchev–Trinajstić information content (AvgIpc) is 2.46. The quantitative estimate of drug-likeness (QED) is 0.904. The van der Waals surface area contributed by atoms with Crippen molar-refractivity contribution in [2.24, 2.45) is 0 Å². The zero-order valence-electron chi connectivity index (χ0n) is 11.4. The van der Waals surface area contributed by atoms with Gasteiger partial charge in [-0.25, -0.2) is 4.79 Å². The van der Waals surface area contributed by atoms with Crippen LogP contribution >= 0.6 is 0 Å². The first-order valence-corrected chi connectivity index (χ1v) is 6.76. The highest BCUT2D eigenvalue weighted by atomic mass is 16.4. The van der Waals surface area contributed by atoms with E-state index in [0.717, 1.165) is 30.4 Å². The molecule has 3 heteroatoms. The second-order valence-corrected chi connectivity index (χ2v) is 4.78. The van der Waals surface area contributed by atoms with Crippen molar-refractivity contribution in [3.63, 3.8) is 0 Å². The van der Waals surface area contributed by atoms with Crippen LogP contribution in [0, 0.1) is 0 Å². The van der Waals surface area contributed by atoms with E-state index in [1.54, 1.807) is 30.3 Å². The predicted molar refractivity (Wildman–Crippen MR) is 76.9 cm³/mol. The minimum atomic E-state index is -0.957. The monoisotopic (exact) mass is 269 g/mol. The van der Waals surface area contributed by atoms with E-state index in [1.165, 1.54) is 6.07 Å². The highest BCUT2D eigenvalue weighted by Gasteiger charge is 2.11. The van der Waals surface area contributed by atoms with Gasteiger partial charge >= 0.3 is 5.97 Å². The molecule has 2 rings (SSSR count). The summed E-state index contributed by atoms with van der Waals surface area (Å²) in [6.07, 6.45) is 2.72. The van der Waals surface area contributed by atoms with Gasteiger partial charge in [0.2, 0.25) is 0 Å². The lowest BCUT2D eigenvalue weighted by molar-refractivity contribution is -0.269. The summed E-state index contributed by atoms with van der Waals surface area (Å²) in [6, 6.07) is 11.9. The van der Waals surface area contributed by atoms with Crippen molar-refractivity contribution in [3.05, 3.63) is 53.6 Å². The lowest BCUT2D eigenvalue weighted by Crippen LogP contribution is -2.01. The largest absolute Gasteiger partial charge is 0.872 e. The Morgan fingerprint density at radius 3 is 2.65 bits per heavy atom. The SMILES string of the molecule is CCCCc1cc(-c2ccccc2C(=O)O)ccc1[O-]. The molecule has 0 aliphatic carbocycles. The van der Waals surface area contributed by atoms with Crippen LogP contribution in [0.3, 0.4) is 0 Å². The third-order valence-electron chi connectivity index (χ3n) is 3.33. The number of aromatic carboxylic acids is 1. The van der Waals surface area contributed by atoms with Crippen LogP contribution in [0.4, 0.5) is 0 Å². The molecule has 0 bridgehead atoms. The Morgan fingerprint density at radius 2 is 1.95 bits per heavy atom. The lowest BCUT2D eigenvalue weighted by Gasteiger charge is -2.16. The zero-order valence-corrected chi connectivity index (χ0v) is 11.4. The molecule has 0 aliphatic rings. The molecule has 104 valence electrons.